The van der Waals surface area contributed by atoms with Gasteiger partial charge in [0, 0.05) is 23.9 Å². The van der Waals surface area contributed by atoms with Crippen LogP contribution in [0, 0.1) is 0 Å². The highest BCUT2D eigenvalue weighted by Crippen LogP contribution is 2.37. The molecule has 0 atom stereocenters. The summed E-state index contributed by atoms with van der Waals surface area (Å²) in [4.78, 5) is 4.59. The van der Waals surface area contributed by atoms with E-state index in [2.05, 4.69) is 28.5 Å². The van der Waals surface area contributed by atoms with Gasteiger partial charge in [0.15, 0.2) is 5.13 Å². The molecule has 17 heavy (non-hydrogen) atoms. The van der Waals surface area contributed by atoms with E-state index in [9.17, 15) is 0 Å². The predicted molar refractivity (Wildman–Crippen MR) is 73.2 cm³/mol. The van der Waals surface area contributed by atoms with Gasteiger partial charge in [0.2, 0.25) is 0 Å². The maximum Gasteiger partial charge on any atom is 0.183 e. The molecular weight excluding hydrogens is 232 g/mol. The van der Waals surface area contributed by atoms with Gasteiger partial charge in [0.1, 0.15) is 5.75 Å². The third-order valence-electron chi connectivity index (χ3n) is 2.80. The van der Waals surface area contributed by atoms with Crippen molar-refractivity contribution in [3.63, 3.8) is 0 Å². The number of fused-ring (bicyclic) bond motifs is 3. The van der Waals surface area contributed by atoms with Gasteiger partial charge in [-0.25, -0.2) is 4.98 Å². The lowest BCUT2D eigenvalue weighted by atomic mass is 10.1. The number of hydrogen-bond acceptors (Lipinski definition) is 4. The van der Waals surface area contributed by atoms with Crippen LogP contribution in [0.3, 0.4) is 0 Å². The first-order valence-corrected chi connectivity index (χ1v) is 6.19. The van der Waals surface area contributed by atoms with Crippen molar-refractivity contribution in [1.29, 1.82) is 0 Å². The van der Waals surface area contributed by atoms with Crippen LogP contribution in [-0.4, -0.2) is 19.1 Å². The first kappa shape index (κ1) is 10.4. The molecule has 0 aliphatic carbocycles. The minimum atomic E-state index is 0.902. The Bertz CT molecular complexity index is 690. The SMILES string of the molecule is CNc1nc2c(cc(OC)c3ccccc32)s1. The number of methoxy groups -OCH3 is 1. The normalized spacial score (nSPS) is 10.9. The van der Waals surface area contributed by atoms with E-state index in [0.29, 0.717) is 0 Å². The van der Waals surface area contributed by atoms with Gasteiger partial charge < -0.3 is 10.1 Å². The summed E-state index contributed by atoms with van der Waals surface area (Å²) in [7, 11) is 3.59. The highest BCUT2D eigenvalue weighted by molar-refractivity contribution is 7.22. The number of thiazole rings is 1. The van der Waals surface area contributed by atoms with E-state index < -0.39 is 0 Å². The summed E-state index contributed by atoms with van der Waals surface area (Å²) in [6, 6.07) is 10.2. The van der Waals surface area contributed by atoms with Gasteiger partial charge in [0.25, 0.3) is 0 Å². The molecule has 0 fully saturated rings. The summed E-state index contributed by atoms with van der Waals surface area (Å²) in [5.41, 5.74) is 1.04. The second-order valence-corrected chi connectivity index (χ2v) is 4.77. The van der Waals surface area contributed by atoms with E-state index in [4.69, 9.17) is 4.74 Å². The number of hydrogen-bond donors (Lipinski definition) is 1. The summed E-state index contributed by atoms with van der Waals surface area (Å²) in [5, 5.41) is 6.26. The molecule has 0 saturated heterocycles. The first-order valence-electron chi connectivity index (χ1n) is 5.37. The molecule has 0 spiro atoms. The van der Waals surface area contributed by atoms with E-state index in [0.717, 1.165) is 31.9 Å². The van der Waals surface area contributed by atoms with Gasteiger partial charge >= 0.3 is 0 Å². The Morgan fingerprint density at radius 3 is 2.71 bits per heavy atom. The van der Waals surface area contributed by atoms with Crippen LogP contribution in [0.2, 0.25) is 0 Å². The van der Waals surface area contributed by atoms with Gasteiger partial charge in [0.05, 0.1) is 17.3 Å². The molecule has 0 aliphatic rings. The zero-order chi connectivity index (χ0) is 11.8. The van der Waals surface area contributed by atoms with Gasteiger partial charge in [-0.15, -0.1) is 0 Å². The minimum Gasteiger partial charge on any atom is -0.496 e. The molecule has 0 unspecified atom stereocenters. The predicted octanol–water partition coefficient (Wildman–Crippen LogP) is 3.50. The van der Waals surface area contributed by atoms with Crippen LogP contribution in [0.4, 0.5) is 5.13 Å². The zero-order valence-corrected chi connectivity index (χ0v) is 10.5. The third-order valence-corrected chi connectivity index (χ3v) is 3.82. The lowest BCUT2D eigenvalue weighted by molar-refractivity contribution is 0.420. The van der Waals surface area contributed by atoms with Crippen molar-refractivity contribution < 1.29 is 4.74 Å². The van der Waals surface area contributed by atoms with Gasteiger partial charge in [-0.1, -0.05) is 35.6 Å². The molecule has 3 nitrogen and oxygen atoms in total. The Hall–Kier alpha value is -1.81. The summed E-state index contributed by atoms with van der Waals surface area (Å²) >= 11 is 1.64. The second-order valence-electron chi connectivity index (χ2n) is 3.74. The van der Waals surface area contributed by atoms with Crippen LogP contribution in [-0.2, 0) is 0 Å². The van der Waals surface area contributed by atoms with E-state index in [1.54, 1.807) is 18.4 Å². The number of benzene rings is 2. The average Bonchev–Trinajstić information content (AvgIpc) is 2.81. The third kappa shape index (κ3) is 1.52. The summed E-state index contributed by atoms with van der Waals surface area (Å²) in [6.45, 7) is 0. The van der Waals surface area contributed by atoms with Gasteiger partial charge in [-0.05, 0) is 0 Å². The Balaban J connectivity index is 2.47. The number of nitrogens with zero attached hydrogens (tertiary/aromatic N) is 1. The zero-order valence-electron chi connectivity index (χ0n) is 9.65. The topological polar surface area (TPSA) is 34.2 Å². The Labute approximate surface area is 103 Å². The molecule has 2 aromatic carbocycles. The fourth-order valence-corrected chi connectivity index (χ4v) is 2.87. The number of rotatable bonds is 2. The van der Waals surface area contributed by atoms with Crippen molar-refractivity contribution in [1.82, 2.24) is 4.98 Å². The number of anilines is 1. The molecular formula is C13H12N2OS. The summed E-state index contributed by atoms with van der Waals surface area (Å²) in [5.74, 6) is 0.902. The highest BCUT2D eigenvalue weighted by atomic mass is 32.1. The Morgan fingerprint density at radius 1 is 1.24 bits per heavy atom. The molecule has 0 bridgehead atoms. The van der Waals surface area contributed by atoms with Crippen molar-refractivity contribution in [2.75, 3.05) is 19.5 Å². The quantitative estimate of drug-likeness (QED) is 0.749. The summed E-state index contributed by atoms with van der Waals surface area (Å²) in [6.07, 6.45) is 0. The van der Waals surface area contributed by atoms with Crippen molar-refractivity contribution in [3.8, 4) is 5.75 Å². The molecule has 86 valence electrons. The first-order chi connectivity index (χ1) is 8.33. The molecule has 1 heterocycles. The summed E-state index contributed by atoms with van der Waals surface area (Å²) < 4.78 is 6.58. The maximum absolute atomic E-state index is 5.44. The number of ether oxygens (including phenoxy) is 1. The minimum absolute atomic E-state index is 0.902. The Kier molecular flexibility index (Phi) is 2.37. The molecule has 0 saturated carbocycles. The van der Waals surface area contributed by atoms with Crippen LogP contribution in [0.1, 0.15) is 0 Å². The van der Waals surface area contributed by atoms with Crippen molar-refractivity contribution in [3.05, 3.63) is 30.3 Å². The molecule has 0 radical (unpaired) electrons. The van der Waals surface area contributed by atoms with E-state index in [1.807, 2.05) is 19.2 Å². The van der Waals surface area contributed by atoms with Crippen LogP contribution >= 0.6 is 11.3 Å². The van der Waals surface area contributed by atoms with Crippen molar-refractivity contribution in [2.45, 2.75) is 0 Å². The Morgan fingerprint density at radius 2 is 2.00 bits per heavy atom. The molecule has 0 amide bonds. The van der Waals surface area contributed by atoms with Crippen LogP contribution in [0.5, 0.6) is 5.75 Å². The molecule has 1 N–H and O–H groups in total. The molecule has 0 aliphatic heterocycles. The number of nitrogens with one attached hydrogen (secondary N) is 1. The van der Waals surface area contributed by atoms with E-state index >= 15 is 0 Å². The maximum atomic E-state index is 5.44. The van der Waals surface area contributed by atoms with Gasteiger partial charge in [-0.3, -0.25) is 0 Å². The lowest BCUT2D eigenvalue weighted by Gasteiger charge is -2.05. The van der Waals surface area contributed by atoms with Gasteiger partial charge in [-0.2, -0.15) is 0 Å². The van der Waals surface area contributed by atoms with E-state index in [1.165, 1.54) is 0 Å². The standard InChI is InChI=1S/C13H12N2OS/c1-14-13-15-12-9-6-4-3-5-8(9)10(16-2)7-11(12)17-13/h3-7H,1-2H3,(H,14,15). The highest BCUT2D eigenvalue weighted by Gasteiger charge is 2.10. The largest absolute Gasteiger partial charge is 0.496 e. The molecule has 3 rings (SSSR count). The lowest BCUT2D eigenvalue weighted by Crippen LogP contribution is -1.86. The van der Waals surface area contributed by atoms with Crippen LogP contribution in [0.15, 0.2) is 30.3 Å². The van der Waals surface area contributed by atoms with Crippen molar-refractivity contribution in [2.24, 2.45) is 0 Å². The monoisotopic (exact) mass is 244 g/mol. The smallest absolute Gasteiger partial charge is 0.183 e. The number of aromatic nitrogens is 1. The molecule has 4 heteroatoms. The second kappa shape index (κ2) is 3.89. The van der Waals surface area contributed by atoms with Crippen LogP contribution in [0.25, 0.3) is 21.0 Å². The fourth-order valence-electron chi connectivity index (χ4n) is 2.00. The fraction of sp³-hybridized carbons (Fsp3) is 0.154. The van der Waals surface area contributed by atoms with Crippen LogP contribution < -0.4 is 10.1 Å². The molecule has 1 aromatic heterocycles. The molecule has 3 aromatic rings. The van der Waals surface area contributed by atoms with Crippen molar-refractivity contribution >= 4 is 37.5 Å². The average molecular weight is 244 g/mol. The van der Waals surface area contributed by atoms with E-state index in [-0.39, 0.29) is 0 Å².